The number of aromatic nitrogens is 2. The number of nitrogens with one attached hydrogen (secondary N) is 1. The third kappa shape index (κ3) is 1.03. The predicted molar refractivity (Wildman–Crippen MR) is 43.8 cm³/mol. The molecule has 0 saturated carbocycles. The van der Waals surface area contributed by atoms with Crippen LogP contribution in [0.15, 0.2) is 22.9 Å². The number of H-pyrrole nitrogens is 1. The molecule has 11 heavy (non-hydrogen) atoms. The van der Waals surface area contributed by atoms with Gasteiger partial charge in [-0.1, -0.05) is 0 Å². The van der Waals surface area contributed by atoms with Crippen molar-refractivity contribution in [3.8, 4) is 0 Å². The van der Waals surface area contributed by atoms with E-state index in [0.29, 0.717) is 5.65 Å². The Labute approximate surface area is 70.6 Å². The van der Waals surface area contributed by atoms with Crippen molar-refractivity contribution in [1.82, 2.24) is 9.97 Å². The standard InChI is InChI=1S/C7H4BrFN2/c8-6-5(9)3-4-1-2-10-7(4)11-6/h1-3H,(H,10,11). The van der Waals surface area contributed by atoms with Crippen LogP contribution in [0.1, 0.15) is 0 Å². The maximum Gasteiger partial charge on any atom is 0.156 e. The van der Waals surface area contributed by atoms with Crippen molar-refractivity contribution in [2.75, 3.05) is 0 Å². The van der Waals surface area contributed by atoms with E-state index in [4.69, 9.17) is 0 Å². The van der Waals surface area contributed by atoms with Crippen molar-refractivity contribution < 1.29 is 4.39 Å². The topological polar surface area (TPSA) is 28.7 Å². The van der Waals surface area contributed by atoms with Crippen LogP contribution in [0, 0.1) is 5.82 Å². The Bertz CT molecular complexity index is 360. The quantitative estimate of drug-likeness (QED) is 0.671. The smallest absolute Gasteiger partial charge is 0.156 e. The minimum Gasteiger partial charge on any atom is -0.346 e. The summed E-state index contributed by atoms with van der Waals surface area (Å²) >= 11 is 2.99. The zero-order valence-electron chi connectivity index (χ0n) is 5.44. The van der Waals surface area contributed by atoms with Gasteiger partial charge in [0.2, 0.25) is 0 Å². The summed E-state index contributed by atoms with van der Waals surface area (Å²) in [5, 5.41) is 0.783. The maximum absolute atomic E-state index is 12.8. The summed E-state index contributed by atoms with van der Waals surface area (Å²) in [4.78, 5) is 6.80. The van der Waals surface area contributed by atoms with E-state index in [1.165, 1.54) is 6.07 Å². The fourth-order valence-corrected chi connectivity index (χ4v) is 1.23. The van der Waals surface area contributed by atoms with Crippen molar-refractivity contribution in [2.45, 2.75) is 0 Å². The molecule has 56 valence electrons. The van der Waals surface area contributed by atoms with Gasteiger partial charge in [-0.2, -0.15) is 0 Å². The molecular formula is C7H4BrFN2. The molecule has 0 unspecified atom stereocenters. The number of hydrogen-bond donors (Lipinski definition) is 1. The minimum atomic E-state index is -0.336. The van der Waals surface area contributed by atoms with Gasteiger partial charge in [-0.15, -0.1) is 0 Å². The largest absolute Gasteiger partial charge is 0.346 e. The van der Waals surface area contributed by atoms with E-state index in [0.717, 1.165) is 5.39 Å². The van der Waals surface area contributed by atoms with Gasteiger partial charge in [0.05, 0.1) is 0 Å². The number of rotatable bonds is 0. The van der Waals surface area contributed by atoms with Gasteiger partial charge in [-0.25, -0.2) is 9.37 Å². The molecule has 0 aliphatic carbocycles. The van der Waals surface area contributed by atoms with Crippen LogP contribution >= 0.6 is 15.9 Å². The maximum atomic E-state index is 12.8. The molecule has 2 nitrogen and oxygen atoms in total. The first-order valence-electron chi connectivity index (χ1n) is 3.06. The number of hydrogen-bond acceptors (Lipinski definition) is 1. The lowest BCUT2D eigenvalue weighted by molar-refractivity contribution is 0.616. The van der Waals surface area contributed by atoms with Gasteiger partial charge in [-0.05, 0) is 28.1 Å². The number of halogens is 2. The van der Waals surface area contributed by atoms with E-state index in [1.807, 2.05) is 0 Å². The van der Waals surface area contributed by atoms with Gasteiger partial charge in [0.15, 0.2) is 5.82 Å². The molecule has 2 rings (SSSR count). The zero-order chi connectivity index (χ0) is 7.84. The molecule has 2 aromatic rings. The van der Waals surface area contributed by atoms with E-state index >= 15 is 0 Å². The van der Waals surface area contributed by atoms with E-state index in [-0.39, 0.29) is 10.4 Å². The third-order valence-electron chi connectivity index (χ3n) is 1.45. The number of aromatic amines is 1. The molecular weight excluding hydrogens is 211 g/mol. The molecule has 4 heteroatoms. The van der Waals surface area contributed by atoms with Crippen LogP contribution in [0.4, 0.5) is 4.39 Å². The summed E-state index contributed by atoms with van der Waals surface area (Å²) in [7, 11) is 0. The highest BCUT2D eigenvalue weighted by Crippen LogP contribution is 2.17. The molecule has 0 aliphatic heterocycles. The highest BCUT2D eigenvalue weighted by Gasteiger charge is 2.02. The first kappa shape index (κ1) is 6.79. The number of pyridine rings is 1. The second kappa shape index (κ2) is 2.30. The minimum absolute atomic E-state index is 0.243. The van der Waals surface area contributed by atoms with Crippen molar-refractivity contribution in [1.29, 1.82) is 0 Å². The second-order valence-corrected chi connectivity index (χ2v) is 2.93. The van der Waals surface area contributed by atoms with Crippen LogP contribution in [-0.2, 0) is 0 Å². The van der Waals surface area contributed by atoms with Crippen molar-refractivity contribution in [3.05, 3.63) is 28.7 Å². The molecule has 2 heterocycles. The molecule has 0 aromatic carbocycles. The second-order valence-electron chi connectivity index (χ2n) is 2.18. The predicted octanol–water partition coefficient (Wildman–Crippen LogP) is 2.46. The number of nitrogens with zero attached hydrogens (tertiary/aromatic N) is 1. The highest BCUT2D eigenvalue weighted by atomic mass is 79.9. The van der Waals surface area contributed by atoms with E-state index in [1.54, 1.807) is 12.3 Å². The Balaban J connectivity index is 2.86. The van der Waals surface area contributed by atoms with Crippen molar-refractivity contribution in [2.24, 2.45) is 0 Å². The van der Waals surface area contributed by atoms with Gasteiger partial charge in [0.25, 0.3) is 0 Å². The van der Waals surface area contributed by atoms with Crippen LogP contribution in [0.5, 0.6) is 0 Å². The molecule has 1 N–H and O–H groups in total. The first-order chi connectivity index (χ1) is 5.27. The van der Waals surface area contributed by atoms with Gasteiger partial charge in [-0.3, -0.25) is 0 Å². The van der Waals surface area contributed by atoms with Gasteiger partial charge in [0.1, 0.15) is 10.3 Å². The third-order valence-corrected chi connectivity index (χ3v) is 2.00. The van der Waals surface area contributed by atoms with E-state index < -0.39 is 0 Å². The molecule has 0 atom stereocenters. The Morgan fingerprint density at radius 3 is 3.18 bits per heavy atom. The summed E-state index contributed by atoms with van der Waals surface area (Å²) in [5.41, 5.74) is 0.693. The zero-order valence-corrected chi connectivity index (χ0v) is 7.02. The molecule has 0 bridgehead atoms. The summed E-state index contributed by atoms with van der Waals surface area (Å²) in [6.07, 6.45) is 1.73. The Kier molecular flexibility index (Phi) is 1.42. The van der Waals surface area contributed by atoms with Crippen LogP contribution in [0.2, 0.25) is 0 Å². The molecule has 0 aliphatic rings. The fraction of sp³-hybridized carbons (Fsp3) is 0. The molecule has 0 fully saturated rings. The molecule has 0 saturated heterocycles. The summed E-state index contributed by atoms with van der Waals surface area (Å²) in [6, 6.07) is 3.21. The Morgan fingerprint density at radius 1 is 1.55 bits per heavy atom. The average molecular weight is 215 g/mol. The van der Waals surface area contributed by atoms with Crippen LogP contribution in [0.3, 0.4) is 0 Å². The highest BCUT2D eigenvalue weighted by molar-refractivity contribution is 9.10. The van der Waals surface area contributed by atoms with Crippen molar-refractivity contribution >= 4 is 27.0 Å². The SMILES string of the molecule is Fc1cc2cc[nH]c2nc1Br. The monoisotopic (exact) mass is 214 g/mol. The van der Waals surface area contributed by atoms with Crippen LogP contribution in [-0.4, -0.2) is 9.97 Å². The number of fused-ring (bicyclic) bond motifs is 1. The summed E-state index contributed by atoms with van der Waals surface area (Å²) < 4.78 is 13.0. The average Bonchev–Trinajstić information content (AvgIpc) is 2.36. The molecule has 0 radical (unpaired) electrons. The van der Waals surface area contributed by atoms with Crippen molar-refractivity contribution in [3.63, 3.8) is 0 Å². The van der Waals surface area contributed by atoms with Gasteiger partial charge >= 0.3 is 0 Å². The van der Waals surface area contributed by atoms with Gasteiger partial charge in [0, 0.05) is 11.6 Å². The summed E-state index contributed by atoms with van der Waals surface area (Å²) in [6.45, 7) is 0. The Morgan fingerprint density at radius 2 is 2.36 bits per heavy atom. The molecule has 0 spiro atoms. The van der Waals surface area contributed by atoms with E-state index in [2.05, 4.69) is 25.9 Å². The lowest BCUT2D eigenvalue weighted by Gasteiger charge is -1.92. The fourth-order valence-electron chi connectivity index (χ4n) is 0.934. The first-order valence-corrected chi connectivity index (χ1v) is 3.86. The van der Waals surface area contributed by atoms with E-state index in [9.17, 15) is 4.39 Å². The van der Waals surface area contributed by atoms with Gasteiger partial charge < -0.3 is 4.98 Å². The van der Waals surface area contributed by atoms with Crippen LogP contribution in [0.25, 0.3) is 11.0 Å². The lowest BCUT2D eigenvalue weighted by Crippen LogP contribution is -1.82. The lowest BCUT2D eigenvalue weighted by atomic mass is 10.3. The Hall–Kier alpha value is -0.900. The van der Waals surface area contributed by atoms with Crippen LogP contribution < -0.4 is 0 Å². The molecule has 0 amide bonds. The molecule has 2 aromatic heterocycles. The summed E-state index contributed by atoms with van der Waals surface area (Å²) in [5.74, 6) is -0.336. The normalized spacial score (nSPS) is 10.7.